The molecule has 0 amide bonds. The molecule has 1 rings (SSSR count). The minimum atomic E-state index is -2.91. The third kappa shape index (κ3) is 4.33. The maximum absolute atomic E-state index is 11.7. The molecular formula is C11H16O2Sn. The number of rotatable bonds is 6. The van der Waals surface area contributed by atoms with Crippen molar-refractivity contribution in [2.45, 2.75) is 26.2 Å². The zero-order chi connectivity index (χ0) is 10.2. The van der Waals surface area contributed by atoms with Gasteiger partial charge in [0.15, 0.2) is 0 Å². The summed E-state index contributed by atoms with van der Waals surface area (Å²) in [6.07, 6.45) is 3.35. The molecule has 0 spiro atoms. The Kier molecular flexibility index (Phi) is 6.03. The van der Waals surface area contributed by atoms with E-state index in [0.717, 1.165) is 16.4 Å². The molecule has 2 nitrogen and oxygen atoms in total. The molecule has 0 aromatic heterocycles. The van der Waals surface area contributed by atoms with Crippen LogP contribution in [0.15, 0.2) is 30.3 Å². The van der Waals surface area contributed by atoms with Crippen molar-refractivity contribution in [3.05, 3.63) is 30.3 Å². The summed E-state index contributed by atoms with van der Waals surface area (Å²) in [5.74, 6) is 0. The van der Waals surface area contributed by atoms with Crippen molar-refractivity contribution in [3.8, 4) is 0 Å². The molecule has 76 valence electrons. The zero-order valence-corrected chi connectivity index (χ0v) is 11.4. The van der Waals surface area contributed by atoms with Gasteiger partial charge in [-0.2, -0.15) is 0 Å². The topological polar surface area (TPSA) is 26.3 Å². The Bertz CT molecular complexity index is 272. The van der Waals surface area contributed by atoms with Crippen molar-refractivity contribution in [1.29, 1.82) is 0 Å². The van der Waals surface area contributed by atoms with Crippen LogP contribution in [0.2, 0.25) is 0 Å². The molecule has 3 heteroatoms. The molecule has 0 N–H and O–H groups in total. The average Bonchev–Trinajstić information content (AvgIpc) is 2.25. The first-order chi connectivity index (χ1) is 6.84. The van der Waals surface area contributed by atoms with E-state index in [-0.39, 0.29) is 0 Å². The molecule has 0 heterocycles. The van der Waals surface area contributed by atoms with E-state index in [1.54, 1.807) is 0 Å². The quantitative estimate of drug-likeness (QED) is 0.593. The second-order valence-electron chi connectivity index (χ2n) is 3.21. The standard InChI is InChI=1S/C6H5.C5H11O.O.Sn/c1-2-4-6-5-3-1;1-2-3-4-5-6;;/h1-5H;2-5H2,1H3;;/q;-1;;+1. The van der Waals surface area contributed by atoms with Crippen molar-refractivity contribution in [2.75, 3.05) is 6.61 Å². The van der Waals surface area contributed by atoms with E-state index in [1.165, 1.54) is 6.42 Å². The number of hydrogen-bond acceptors (Lipinski definition) is 2. The van der Waals surface area contributed by atoms with Gasteiger partial charge in [0.2, 0.25) is 0 Å². The van der Waals surface area contributed by atoms with Gasteiger partial charge < -0.3 is 0 Å². The molecule has 0 saturated heterocycles. The van der Waals surface area contributed by atoms with Crippen LogP contribution < -0.4 is 3.58 Å². The van der Waals surface area contributed by atoms with Crippen LogP contribution in [-0.4, -0.2) is 26.8 Å². The van der Waals surface area contributed by atoms with Crippen molar-refractivity contribution in [1.82, 2.24) is 0 Å². The van der Waals surface area contributed by atoms with Gasteiger partial charge in [-0.05, 0) is 0 Å². The van der Waals surface area contributed by atoms with Gasteiger partial charge in [0.1, 0.15) is 0 Å². The Morgan fingerprint density at radius 2 is 1.93 bits per heavy atom. The van der Waals surface area contributed by atoms with Crippen LogP contribution in [0.1, 0.15) is 26.2 Å². The first-order valence-electron chi connectivity index (χ1n) is 5.06. The first kappa shape index (κ1) is 11.9. The van der Waals surface area contributed by atoms with E-state index in [9.17, 15) is 3.08 Å². The van der Waals surface area contributed by atoms with Crippen LogP contribution >= 0.6 is 0 Å². The maximum atomic E-state index is 11.7. The van der Waals surface area contributed by atoms with E-state index in [2.05, 4.69) is 6.92 Å². The van der Waals surface area contributed by atoms with Gasteiger partial charge in [-0.25, -0.2) is 0 Å². The normalized spacial score (nSPS) is 10.1. The van der Waals surface area contributed by atoms with E-state index in [1.807, 2.05) is 30.3 Å². The molecule has 0 atom stereocenters. The second-order valence-corrected chi connectivity index (χ2v) is 7.32. The average molecular weight is 299 g/mol. The molecule has 0 bridgehead atoms. The molecule has 0 aliphatic heterocycles. The van der Waals surface area contributed by atoms with Gasteiger partial charge >= 0.3 is 93.0 Å². The van der Waals surface area contributed by atoms with Crippen molar-refractivity contribution < 1.29 is 6.15 Å². The zero-order valence-electron chi connectivity index (χ0n) is 8.53. The summed E-state index contributed by atoms with van der Waals surface area (Å²) in [6.45, 7) is 2.80. The van der Waals surface area contributed by atoms with Crippen molar-refractivity contribution in [3.63, 3.8) is 0 Å². The van der Waals surface area contributed by atoms with Gasteiger partial charge in [0.05, 0.1) is 0 Å². The van der Waals surface area contributed by atoms with E-state index < -0.39 is 20.2 Å². The van der Waals surface area contributed by atoms with Gasteiger partial charge in [0.25, 0.3) is 0 Å². The third-order valence-electron chi connectivity index (χ3n) is 1.99. The molecular weight excluding hydrogens is 283 g/mol. The molecule has 14 heavy (non-hydrogen) atoms. The number of benzene rings is 1. The molecule has 1 aromatic carbocycles. The summed E-state index contributed by atoms with van der Waals surface area (Å²) < 4.78 is 17.9. The first-order valence-corrected chi connectivity index (χ1v) is 8.82. The summed E-state index contributed by atoms with van der Waals surface area (Å²) in [5.41, 5.74) is 0. The number of hydrogen-bond donors (Lipinski definition) is 0. The fourth-order valence-corrected chi connectivity index (χ4v) is 3.92. The van der Waals surface area contributed by atoms with Crippen LogP contribution in [0.25, 0.3) is 0 Å². The van der Waals surface area contributed by atoms with E-state index >= 15 is 0 Å². The molecule has 0 saturated carbocycles. The monoisotopic (exact) mass is 300 g/mol. The predicted molar refractivity (Wildman–Crippen MR) is 58.0 cm³/mol. The molecule has 0 unspecified atom stereocenters. The van der Waals surface area contributed by atoms with E-state index in [4.69, 9.17) is 3.07 Å². The minimum absolute atomic E-state index is 0.654. The summed E-state index contributed by atoms with van der Waals surface area (Å²) in [6, 6.07) is 9.52. The van der Waals surface area contributed by atoms with Crippen molar-refractivity contribution in [2.24, 2.45) is 0 Å². The van der Waals surface area contributed by atoms with Crippen LogP contribution in [0, 0.1) is 0 Å². The van der Waals surface area contributed by atoms with Gasteiger partial charge in [-0.3, -0.25) is 0 Å². The van der Waals surface area contributed by atoms with Crippen LogP contribution in [0.3, 0.4) is 0 Å². The Balaban J connectivity index is 2.29. The molecule has 0 radical (unpaired) electrons. The van der Waals surface area contributed by atoms with E-state index in [0.29, 0.717) is 6.61 Å². The van der Waals surface area contributed by atoms with Gasteiger partial charge in [-0.1, -0.05) is 0 Å². The molecule has 0 aliphatic rings. The predicted octanol–water partition coefficient (Wildman–Crippen LogP) is 2.02. The fraction of sp³-hybridized carbons (Fsp3) is 0.455. The third-order valence-corrected chi connectivity index (χ3v) is 5.62. The Morgan fingerprint density at radius 1 is 1.21 bits per heavy atom. The Morgan fingerprint density at radius 3 is 2.57 bits per heavy atom. The molecule has 0 fully saturated rings. The molecule has 0 aliphatic carbocycles. The summed E-state index contributed by atoms with van der Waals surface area (Å²) in [5, 5.41) is 0. The number of unbranched alkanes of at least 4 members (excludes halogenated alkanes) is 2. The second kappa shape index (κ2) is 7.12. The van der Waals surface area contributed by atoms with Gasteiger partial charge in [-0.15, -0.1) is 0 Å². The van der Waals surface area contributed by atoms with Crippen LogP contribution in [0.5, 0.6) is 0 Å². The SMILES string of the molecule is CCCCC[O][Sn](=[O])[c]1ccccc1. The summed E-state index contributed by atoms with van der Waals surface area (Å²) in [4.78, 5) is 0. The summed E-state index contributed by atoms with van der Waals surface area (Å²) in [7, 11) is 0. The van der Waals surface area contributed by atoms with Gasteiger partial charge in [0, 0.05) is 0 Å². The fourth-order valence-electron chi connectivity index (χ4n) is 1.17. The van der Waals surface area contributed by atoms with Crippen molar-refractivity contribution >= 4 is 23.7 Å². The Hall–Kier alpha value is -0.221. The van der Waals surface area contributed by atoms with Crippen LogP contribution in [0.4, 0.5) is 0 Å². The van der Waals surface area contributed by atoms with Crippen LogP contribution in [-0.2, 0) is 6.15 Å². The molecule has 1 aromatic rings. The summed E-state index contributed by atoms with van der Waals surface area (Å²) >= 11 is -2.91. The Labute approximate surface area is 92.9 Å².